The van der Waals surface area contributed by atoms with Gasteiger partial charge in [0, 0.05) is 6.42 Å². The van der Waals surface area contributed by atoms with E-state index in [0.29, 0.717) is 38.0 Å². The lowest BCUT2D eigenvalue weighted by molar-refractivity contribution is -0.143. The van der Waals surface area contributed by atoms with E-state index < -0.39 is 0 Å². The number of phenols is 1. The van der Waals surface area contributed by atoms with Crippen LogP contribution in [0, 0.1) is 0 Å². The van der Waals surface area contributed by atoms with Crippen LogP contribution in [0.15, 0.2) is 37.4 Å². The van der Waals surface area contributed by atoms with E-state index in [-0.39, 0.29) is 5.97 Å². The Balaban J connectivity index is 2.91. The van der Waals surface area contributed by atoms with Gasteiger partial charge in [-0.1, -0.05) is 24.3 Å². The van der Waals surface area contributed by atoms with Crippen molar-refractivity contribution in [2.24, 2.45) is 0 Å². The number of benzene rings is 1. The molecule has 0 spiro atoms. The Kier molecular flexibility index (Phi) is 6.57. The summed E-state index contributed by atoms with van der Waals surface area (Å²) in [5.41, 5.74) is 2.68. The van der Waals surface area contributed by atoms with Crippen LogP contribution >= 0.6 is 0 Å². The Morgan fingerprint density at radius 3 is 2.25 bits per heavy atom. The van der Waals surface area contributed by atoms with Crippen molar-refractivity contribution in [1.29, 1.82) is 0 Å². The van der Waals surface area contributed by atoms with Crippen LogP contribution in [0.3, 0.4) is 0 Å². The highest BCUT2D eigenvalue weighted by atomic mass is 16.5. The van der Waals surface area contributed by atoms with Crippen LogP contribution in [0.1, 0.15) is 30.0 Å². The molecule has 0 aliphatic carbocycles. The Morgan fingerprint density at radius 2 is 1.80 bits per heavy atom. The third-order valence-corrected chi connectivity index (χ3v) is 2.98. The molecule has 108 valence electrons. The van der Waals surface area contributed by atoms with Crippen molar-refractivity contribution in [3.05, 3.63) is 54.1 Å². The number of carbonyl (C=O) groups is 1. The van der Waals surface area contributed by atoms with Crippen molar-refractivity contribution in [3.63, 3.8) is 0 Å². The van der Waals surface area contributed by atoms with Crippen molar-refractivity contribution in [2.45, 2.75) is 32.6 Å². The molecule has 0 heterocycles. The number of rotatable bonds is 8. The van der Waals surface area contributed by atoms with Crippen LogP contribution in [0.25, 0.3) is 0 Å². The molecule has 0 saturated heterocycles. The van der Waals surface area contributed by atoms with Gasteiger partial charge in [0.1, 0.15) is 5.75 Å². The molecule has 0 unspecified atom stereocenters. The van der Waals surface area contributed by atoms with E-state index in [1.54, 1.807) is 19.1 Å². The lowest BCUT2D eigenvalue weighted by Gasteiger charge is -2.11. The number of hydrogen-bond acceptors (Lipinski definition) is 3. The molecule has 0 saturated carbocycles. The topological polar surface area (TPSA) is 46.5 Å². The van der Waals surface area contributed by atoms with Crippen LogP contribution in [0.4, 0.5) is 0 Å². The van der Waals surface area contributed by atoms with Crippen molar-refractivity contribution in [3.8, 4) is 5.75 Å². The maximum atomic E-state index is 11.4. The number of ether oxygens (including phenoxy) is 1. The maximum absolute atomic E-state index is 11.4. The predicted octanol–water partition coefficient (Wildman–Crippen LogP) is 3.34. The minimum absolute atomic E-state index is 0.198. The van der Waals surface area contributed by atoms with Gasteiger partial charge in [-0.3, -0.25) is 4.79 Å². The smallest absolute Gasteiger partial charge is 0.306 e. The average molecular weight is 274 g/mol. The number of hydrogen-bond donors (Lipinski definition) is 1. The number of carbonyl (C=O) groups excluding carboxylic acids is 1. The zero-order valence-corrected chi connectivity index (χ0v) is 12.0. The average Bonchev–Trinajstić information content (AvgIpc) is 2.42. The van der Waals surface area contributed by atoms with E-state index in [1.165, 1.54) is 0 Å². The normalized spacial score (nSPS) is 10.1. The van der Waals surface area contributed by atoms with Gasteiger partial charge in [0.15, 0.2) is 0 Å². The summed E-state index contributed by atoms with van der Waals surface area (Å²) in [5.74, 6) is 0.0980. The first kappa shape index (κ1) is 16.0. The number of aromatic hydroxyl groups is 1. The van der Waals surface area contributed by atoms with E-state index >= 15 is 0 Å². The first-order valence-corrected chi connectivity index (χ1v) is 6.83. The van der Waals surface area contributed by atoms with E-state index in [1.807, 2.05) is 12.1 Å². The Bertz CT molecular complexity index is 458. The number of aryl methyl sites for hydroxylation is 1. The molecule has 0 atom stereocenters. The molecule has 0 amide bonds. The van der Waals surface area contributed by atoms with Crippen LogP contribution in [0.2, 0.25) is 0 Å². The van der Waals surface area contributed by atoms with Gasteiger partial charge in [0.25, 0.3) is 0 Å². The van der Waals surface area contributed by atoms with Crippen LogP contribution in [0.5, 0.6) is 5.75 Å². The molecule has 0 radical (unpaired) electrons. The standard InChI is InChI=1S/C17H22O3/c1-4-7-14-11-13(9-10-16(18)20-6-3)12-15(8-5-2)17(14)19/h4-5,11-12,19H,1-2,6-10H2,3H3. The molecule has 3 heteroatoms. The largest absolute Gasteiger partial charge is 0.507 e. The van der Waals surface area contributed by atoms with Gasteiger partial charge in [-0.25, -0.2) is 0 Å². The minimum atomic E-state index is -0.198. The molecular weight excluding hydrogens is 252 g/mol. The Labute approximate surface area is 120 Å². The van der Waals surface area contributed by atoms with Gasteiger partial charge in [0.2, 0.25) is 0 Å². The van der Waals surface area contributed by atoms with Crippen molar-refractivity contribution >= 4 is 5.97 Å². The summed E-state index contributed by atoms with van der Waals surface area (Å²) in [6, 6.07) is 3.84. The molecule has 1 N–H and O–H groups in total. The highest BCUT2D eigenvalue weighted by Gasteiger charge is 2.10. The summed E-state index contributed by atoms with van der Waals surface area (Å²) in [6.07, 6.45) is 5.66. The van der Waals surface area contributed by atoms with Crippen molar-refractivity contribution in [2.75, 3.05) is 6.61 Å². The molecule has 0 fully saturated rings. The van der Waals surface area contributed by atoms with E-state index in [0.717, 1.165) is 16.7 Å². The predicted molar refractivity (Wildman–Crippen MR) is 80.9 cm³/mol. The van der Waals surface area contributed by atoms with Crippen molar-refractivity contribution in [1.82, 2.24) is 0 Å². The van der Waals surface area contributed by atoms with E-state index in [4.69, 9.17) is 4.74 Å². The zero-order valence-electron chi connectivity index (χ0n) is 12.0. The fraction of sp³-hybridized carbons (Fsp3) is 0.353. The SMILES string of the molecule is C=CCc1cc(CCC(=O)OCC)cc(CC=C)c1O. The summed E-state index contributed by atoms with van der Waals surface area (Å²) < 4.78 is 4.92. The summed E-state index contributed by atoms with van der Waals surface area (Å²) in [6.45, 7) is 9.59. The third kappa shape index (κ3) is 4.57. The second-order valence-electron chi connectivity index (χ2n) is 4.55. The van der Waals surface area contributed by atoms with Crippen LogP contribution in [-0.2, 0) is 28.8 Å². The van der Waals surface area contributed by atoms with Gasteiger partial charge in [-0.15, -0.1) is 13.2 Å². The highest BCUT2D eigenvalue weighted by molar-refractivity contribution is 5.69. The van der Waals surface area contributed by atoms with Crippen LogP contribution in [-0.4, -0.2) is 17.7 Å². The maximum Gasteiger partial charge on any atom is 0.306 e. The molecule has 3 nitrogen and oxygen atoms in total. The molecule has 0 bridgehead atoms. The summed E-state index contributed by atoms with van der Waals surface area (Å²) in [4.78, 5) is 11.4. The summed E-state index contributed by atoms with van der Waals surface area (Å²) >= 11 is 0. The fourth-order valence-electron chi connectivity index (χ4n) is 2.08. The second-order valence-corrected chi connectivity index (χ2v) is 4.55. The molecule has 1 aromatic carbocycles. The van der Waals surface area contributed by atoms with Gasteiger partial charge in [-0.2, -0.15) is 0 Å². The third-order valence-electron chi connectivity index (χ3n) is 2.98. The number of phenolic OH excluding ortho intramolecular Hbond substituents is 1. The molecule has 1 aromatic rings. The summed E-state index contributed by atoms with van der Waals surface area (Å²) in [5, 5.41) is 10.1. The van der Waals surface area contributed by atoms with Crippen molar-refractivity contribution < 1.29 is 14.6 Å². The van der Waals surface area contributed by atoms with Gasteiger partial charge in [-0.05, 0) is 42.9 Å². The number of esters is 1. The first-order valence-electron chi connectivity index (χ1n) is 6.83. The molecular formula is C17H22O3. The van der Waals surface area contributed by atoms with Crippen LogP contribution < -0.4 is 0 Å². The first-order chi connectivity index (χ1) is 9.62. The lowest BCUT2D eigenvalue weighted by atomic mass is 9.97. The fourth-order valence-corrected chi connectivity index (χ4v) is 2.08. The molecule has 1 rings (SSSR count). The van der Waals surface area contributed by atoms with Gasteiger partial charge in [0.05, 0.1) is 6.61 Å². The quantitative estimate of drug-likeness (QED) is 0.584. The Hall–Kier alpha value is -2.03. The molecule has 0 aliphatic rings. The zero-order chi connectivity index (χ0) is 15.0. The highest BCUT2D eigenvalue weighted by Crippen LogP contribution is 2.27. The number of allylic oxidation sites excluding steroid dienone is 2. The van der Waals surface area contributed by atoms with E-state index in [9.17, 15) is 9.90 Å². The monoisotopic (exact) mass is 274 g/mol. The van der Waals surface area contributed by atoms with Gasteiger partial charge < -0.3 is 9.84 Å². The molecule has 20 heavy (non-hydrogen) atoms. The van der Waals surface area contributed by atoms with Gasteiger partial charge >= 0.3 is 5.97 Å². The summed E-state index contributed by atoms with van der Waals surface area (Å²) in [7, 11) is 0. The Morgan fingerprint density at radius 1 is 1.25 bits per heavy atom. The molecule has 0 aromatic heterocycles. The second kappa shape index (κ2) is 8.20. The lowest BCUT2D eigenvalue weighted by Crippen LogP contribution is -2.05. The van der Waals surface area contributed by atoms with E-state index in [2.05, 4.69) is 13.2 Å². The molecule has 0 aliphatic heterocycles. The minimum Gasteiger partial charge on any atom is -0.507 e.